The van der Waals surface area contributed by atoms with E-state index in [1.54, 1.807) is 14.2 Å². The number of rotatable bonds is 8. The van der Waals surface area contributed by atoms with Crippen LogP contribution in [0, 0.1) is 5.92 Å². The third-order valence-corrected chi connectivity index (χ3v) is 6.34. The third-order valence-electron chi connectivity index (χ3n) is 6.34. The van der Waals surface area contributed by atoms with E-state index in [-0.39, 0.29) is 5.75 Å². The van der Waals surface area contributed by atoms with Gasteiger partial charge in [0.1, 0.15) is 5.75 Å². The van der Waals surface area contributed by atoms with Crippen LogP contribution in [0.1, 0.15) is 39.5 Å². The quantitative estimate of drug-likeness (QED) is 0.347. The number of methoxy groups -OCH3 is 2. The molecule has 0 amide bonds. The first-order valence-corrected chi connectivity index (χ1v) is 10.9. The third kappa shape index (κ3) is 3.34. The fourth-order valence-corrected chi connectivity index (χ4v) is 4.63. The van der Waals surface area contributed by atoms with Crippen molar-refractivity contribution in [2.75, 3.05) is 14.2 Å². The van der Waals surface area contributed by atoms with Gasteiger partial charge in [-0.25, -0.2) is 0 Å². The second-order valence-electron chi connectivity index (χ2n) is 8.09. The van der Waals surface area contributed by atoms with Crippen molar-refractivity contribution in [3.63, 3.8) is 0 Å². The molecule has 1 aromatic heterocycles. The molecule has 0 saturated heterocycles. The van der Waals surface area contributed by atoms with E-state index in [0.29, 0.717) is 17.4 Å². The molecule has 0 fully saturated rings. The van der Waals surface area contributed by atoms with E-state index in [1.165, 1.54) is 30.2 Å². The van der Waals surface area contributed by atoms with Crippen LogP contribution in [0.25, 0.3) is 32.6 Å². The Morgan fingerprint density at radius 1 is 0.900 bits per heavy atom. The Balaban J connectivity index is 2.03. The molecule has 1 N–H and O–H groups in total. The number of para-hydroxylation sites is 1. The summed E-state index contributed by atoms with van der Waals surface area (Å²) in [6.07, 6.45) is 4.85. The molecule has 0 bridgehead atoms. The molecule has 4 rings (SSSR count). The summed E-state index contributed by atoms with van der Waals surface area (Å²) in [4.78, 5) is 0. The highest BCUT2D eigenvalue weighted by Gasteiger charge is 2.19. The maximum atomic E-state index is 10.9. The zero-order valence-electron chi connectivity index (χ0n) is 18.4. The highest BCUT2D eigenvalue weighted by atomic mass is 16.5. The van der Waals surface area contributed by atoms with Crippen LogP contribution in [0.5, 0.6) is 17.2 Å². The Morgan fingerprint density at radius 2 is 1.60 bits per heavy atom. The van der Waals surface area contributed by atoms with Crippen molar-refractivity contribution in [2.45, 2.75) is 46.1 Å². The molecule has 4 nitrogen and oxygen atoms in total. The molecule has 158 valence electrons. The van der Waals surface area contributed by atoms with E-state index in [4.69, 9.17) is 9.47 Å². The summed E-state index contributed by atoms with van der Waals surface area (Å²) in [5, 5.41) is 15.1. The molecule has 4 aromatic rings. The number of fused-ring (bicyclic) bond motifs is 5. The molecule has 4 heteroatoms. The Bertz CT molecular complexity index is 1190. The predicted molar refractivity (Wildman–Crippen MR) is 125 cm³/mol. The monoisotopic (exact) mass is 405 g/mol. The van der Waals surface area contributed by atoms with Gasteiger partial charge < -0.3 is 19.1 Å². The van der Waals surface area contributed by atoms with Crippen LogP contribution in [0.4, 0.5) is 0 Å². The number of ether oxygens (including phenoxy) is 2. The van der Waals surface area contributed by atoms with Gasteiger partial charge in [-0.15, -0.1) is 0 Å². The van der Waals surface area contributed by atoms with E-state index in [1.807, 2.05) is 18.2 Å². The Morgan fingerprint density at radius 3 is 2.27 bits per heavy atom. The number of aromatic hydroxyl groups is 1. The summed E-state index contributed by atoms with van der Waals surface area (Å²) < 4.78 is 13.4. The molecular weight excluding hydrogens is 374 g/mol. The average Bonchev–Trinajstić information content (AvgIpc) is 3.08. The number of hydrogen-bond donors (Lipinski definition) is 1. The molecular formula is C26H31NO3. The van der Waals surface area contributed by atoms with Crippen molar-refractivity contribution in [2.24, 2.45) is 5.92 Å². The van der Waals surface area contributed by atoms with E-state index < -0.39 is 0 Å². The minimum Gasteiger partial charge on any atom is -0.507 e. The average molecular weight is 406 g/mol. The van der Waals surface area contributed by atoms with Crippen LogP contribution < -0.4 is 9.47 Å². The number of benzene rings is 3. The number of unbranched alkanes of at least 4 members (excludes halogenated alkanes) is 1. The van der Waals surface area contributed by atoms with Gasteiger partial charge in [0.05, 0.1) is 19.7 Å². The summed E-state index contributed by atoms with van der Waals surface area (Å²) >= 11 is 0. The smallest absolute Gasteiger partial charge is 0.161 e. The topological polar surface area (TPSA) is 43.6 Å². The van der Waals surface area contributed by atoms with Gasteiger partial charge in [0.15, 0.2) is 11.5 Å². The molecule has 0 saturated carbocycles. The summed E-state index contributed by atoms with van der Waals surface area (Å²) in [5.41, 5.74) is 2.28. The first kappa shape index (κ1) is 20.4. The SMILES string of the molecule is CCCCC(CC)Cn1c2ccccc2c2c3cc(OC)c(OC)cc3c(O)cc21. The number of phenolic OH excluding ortho intramolecular Hbond substituents is 1. The largest absolute Gasteiger partial charge is 0.507 e. The fourth-order valence-electron chi connectivity index (χ4n) is 4.63. The lowest BCUT2D eigenvalue weighted by molar-refractivity contribution is 0.355. The normalized spacial score (nSPS) is 12.7. The second-order valence-corrected chi connectivity index (χ2v) is 8.09. The van der Waals surface area contributed by atoms with Gasteiger partial charge in [0, 0.05) is 34.3 Å². The second kappa shape index (κ2) is 8.47. The molecule has 3 aromatic carbocycles. The molecule has 0 aliphatic carbocycles. The van der Waals surface area contributed by atoms with Gasteiger partial charge >= 0.3 is 0 Å². The van der Waals surface area contributed by atoms with E-state index >= 15 is 0 Å². The predicted octanol–water partition coefficient (Wildman–Crippen LogP) is 6.89. The van der Waals surface area contributed by atoms with E-state index in [9.17, 15) is 5.11 Å². The van der Waals surface area contributed by atoms with Gasteiger partial charge in [0.2, 0.25) is 0 Å². The number of nitrogens with zero attached hydrogens (tertiary/aromatic N) is 1. The standard InChI is InChI=1S/C26H31NO3/c1-5-7-10-17(6-2)16-27-21-12-9-8-11-18(21)26-20-14-25(30-4)24(29-3)13-19(20)23(28)15-22(26)27/h8-9,11-15,17,28H,5-7,10,16H2,1-4H3. The Hall–Kier alpha value is -2.88. The van der Waals surface area contributed by atoms with Crippen LogP contribution in [-0.4, -0.2) is 23.9 Å². The molecule has 0 aliphatic heterocycles. The number of phenols is 1. The van der Waals surface area contributed by atoms with Crippen molar-refractivity contribution in [1.29, 1.82) is 0 Å². The minimum absolute atomic E-state index is 0.268. The van der Waals surface area contributed by atoms with Crippen molar-refractivity contribution in [3.8, 4) is 17.2 Å². The molecule has 1 heterocycles. The van der Waals surface area contributed by atoms with Crippen molar-refractivity contribution >= 4 is 32.6 Å². The van der Waals surface area contributed by atoms with Crippen LogP contribution in [0.3, 0.4) is 0 Å². The minimum atomic E-state index is 0.268. The lowest BCUT2D eigenvalue weighted by atomic mass is 9.99. The van der Waals surface area contributed by atoms with E-state index in [2.05, 4.69) is 42.7 Å². The summed E-state index contributed by atoms with van der Waals surface area (Å²) in [7, 11) is 3.26. The lowest BCUT2D eigenvalue weighted by Gasteiger charge is -2.18. The van der Waals surface area contributed by atoms with Gasteiger partial charge in [-0.1, -0.05) is 51.3 Å². The molecule has 0 radical (unpaired) electrons. The van der Waals surface area contributed by atoms with Gasteiger partial charge in [-0.3, -0.25) is 0 Å². The number of aromatic nitrogens is 1. The van der Waals surface area contributed by atoms with Crippen molar-refractivity contribution in [3.05, 3.63) is 42.5 Å². The number of hydrogen-bond acceptors (Lipinski definition) is 3. The van der Waals surface area contributed by atoms with Crippen LogP contribution in [0.15, 0.2) is 42.5 Å². The summed E-state index contributed by atoms with van der Waals surface area (Å²) in [6.45, 7) is 5.48. The van der Waals surface area contributed by atoms with Crippen LogP contribution >= 0.6 is 0 Å². The Kier molecular flexibility index (Phi) is 5.76. The highest BCUT2D eigenvalue weighted by Crippen LogP contribution is 2.43. The maximum Gasteiger partial charge on any atom is 0.161 e. The van der Waals surface area contributed by atoms with Gasteiger partial charge in [-0.05, 0) is 35.9 Å². The van der Waals surface area contributed by atoms with E-state index in [0.717, 1.165) is 34.6 Å². The van der Waals surface area contributed by atoms with Crippen LogP contribution in [0.2, 0.25) is 0 Å². The van der Waals surface area contributed by atoms with Crippen molar-refractivity contribution < 1.29 is 14.6 Å². The zero-order chi connectivity index (χ0) is 21.3. The van der Waals surface area contributed by atoms with Gasteiger partial charge in [0.25, 0.3) is 0 Å². The first-order chi connectivity index (χ1) is 14.6. The molecule has 1 atom stereocenters. The van der Waals surface area contributed by atoms with Gasteiger partial charge in [-0.2, -0.15) is 0 Å². The molecule has 0 aliphatic rings. The summed E-state index contributed by atoms with van der Waals surface area (Å²) in [6, 6.07) is 14.3. The molecule has 1 unspecified atom stereocenters. The molecule has 0 spiro atoms. The Labute approximate surface area is 178 Å². The first-order valence-electron chi connectivity index (χ1n) is 10.9. The van der Waals surface area contributed by atoms with Crippen LogP contribution in [-0.2, 0) is 6.54 Å². The van der Waals surface area contributed by atoms with Crippen molar-refractivity contribution in [1.82, 2.24) is 4.57 Å². The highest BCUT2D eigenvalue weighted by molar-refractivity contribution is 6.22. The zero-order valence-corrected chi connectivity index (χ0v) is 18.4. The lowest BCUT2D eigenvalue weighted by Crippen LogP contribution is -2.10. The summed E-state index contributed by atoms with van der Waals surface area (Å²) in [5.74, 6) is 2.17. The maximum absolute atomic E-state index is 10.9. The fraction of sp³-hybridized carbons (Fsp3) is 0.385. The molecule has 30 heavy (non-hydrogen) atoms.